The Labute approximate surface area is 131 Å². The van der Waals surface area contributed by atoms with Gasteiger partial charge in [0, 0.05) is 23.9 Å². The van der Waals surface area contributed by atoms with E-state index in [1.54, 1.807) is 24.3 Å². The Morgan fingerprint density at radius 2 is 2.29 bits per heavy atom. The molecule has 1 atom stereocenters. The number of hydrogen-bond donors (Lipinski definition) is 1. The van der Waals surface area contributed by atoms with Crippen molar-refractivity contribution in [2.45, 2.75) is 25.8 Å². The largest absolute Gasteiger partial charge is 0.326 e. The third-order valence-corrected chi connectivity index (χ3v) is 4.17. The van der Waals surface area contributed by atoms with Crippen LogP contribution in [0.2, 0.25) is 0 Å². The van der Waals surface area contributed by atoms with E-state index in [4.69, 9.17) is 5.26 Å². The van der Waals surface area contributed by atoms with Crippen LogP contribution in [-0.4, -0.2) is 42.4 Å². The van der Waals surface area contributed by atoms with E-state index in [1.165, 1.54) is 0 Å². The van der Waals surface area contributed by atoms with Crippen molar-refractivity contribution < 1.29 is 4.79 Å². The summed E-state index contributed by atoms with van der Waals surface area (Å²) in [5.41, 5.74) is 1.24. The zero-order valence-electron chi connectivity index (χ0n) is 12.9. The molecule has 0 spiro atoms. The Kier molecular flexibility index (Phi) is 7.88. The fourth-order valence-corrected chi connectivity index (χ4v) is 2.70. The molecule has 1 aromatic carbocycles. The van der Waals surface area contributed by atoms with Crippen molar-refractivity contribution in [1.82, 2.24) is 4.90 Å². The van der Waals surface area contributed by atoms with Crippen molar-refractivity contribution in [2.24, 2.45) is 0 Å². The summed E-state index contributed by atoms with van der Waals surface area (Å²) in [4.78, 5) is 14.2. The van der Waals surface area contributed by atoms with E-state index >= 15 is 0 Å². The molecule has 0 saturated heterocycles. The zero-order valence-corrected chi connectivity index (χ0v) is 13.7. The number of rotatable bonds is 8. The maximum absolute atomic E-state index is 11.9. The number of benzene rings is 1. The Morgan fingerprint density at radius 1 is 1.52 bits per heavy atom. The average Bonchev–Trinajstić information content (AvgIpc) is 2.47. The molecule has 4 nitrogen and oxygen atoms in total. The fourth-order valence-electron chi connectivity index (χ4n) is 1.97. The summed E-state index contributed by atoms with van der Waals surface area (Å²) < 4.78 is 0. The molecule has 1 unspecified atom stereocenters. The minimum Gasteiger partial charge on any atom is -0.326 e. The van der Waals surface area contributed by atoms with Crippen LogP contribution >= 0.6 is 11.8 Å². The molecule has 114 valence electrons. The van der Waals surface area contributed by atoms with Crippen molar-refractivity contribution in [1.29, 1.82) is 5.26 Å². The van der Waals surface area contributed by atoms with Crippen LogP contribution in [-0.2, 0) is 4.79 Å². The van der Waals surface area contributed by atoms with Crippen LogP contribution in [0.5, 0.6) is 0 Å². The molecule has 0 saturated carbocycles. The average molecular weight is 305 g/mol. The van der Waals surface area contributed by atoms with E-state index in [9.17, 15) is 4.79 Å². The van der Waals surface area contributed by atoms with E-state index < -0.39 is 0 Å². The highest BCUT2D eigenvalue weighted by atomic mass is 32.2. The molecule has 0 aromatic heterocycles. The number of amides is 1. The van der Waals surface area contributed by atoms with Crippen LogP contribution in [0.25, 0.3) is 0 Å². The first-order valence-corrected chi connectivity index (χ1v) is 8.45. The molecule has 0 aliphatic heterocycles. The van der Waals surface area contributed by atoms with Crippen molar-refractivity contribution in [3.05, 3.63) is 29.8 Å². The summed E-state index contributed by atoms with van der Waals surface area (Å²) in [6, 6.07) is 9.56. The van der Waals surface area contributed by atoms with Crippen molar-refractivity contribution in [3.8, 4) is 6.07 Å². The Morgan fingerprint density at radius 3 is 2.95 bits per heavy atom. The molecule has 5 heteroatoms. The van der Waals surface area contributed by atoms with Crippen LogP contribution in [0.3, 0.4) is 0 Å². The molecule has 0 aliphatic rings. The van der Waals surface area contributed by atoms with Crippen LogP contribution < -0.4 is 5.32 Å². The van der Waals surface area contributed by atoms with Gasteiger partial charge in [-0.25, -0.2) is 0 Å². The second kappa shape index (κ2) is 9.43. The standard InChI is InChI=1S/C16H23N3OS/c1-13(12-21-3)19(2)9-5-8-16(20)18-15-7-4-6-14(10-15)11-17/h4,6-7,10,13H,5,8-9,12H2,1-3H3,(H,18,20). The lowest BCUT2D eigenvalue weighted by Crippen LogP contribution is -2.32. The second-order valence-corrected chi connectivity index (χ2v) is 6.04. The first kappa shape index (κ1) is 17.5. The number of nitrogens with one attached hydrogen (secondary N) is 1. The van der Waals surface area contributed by atoms with Crippen molar-refractivity contribution in [3.63, 3.8) is 0 Å². The highest BCUT2D eigenvalue weighted by Gasteiger charge is 2.09. The van der Waals surface area contributed by atoms with Gasteiger partial charge in [-0.05, 0) is 51.4 Å². The molecule has 0 fully saturated rings. The lowest BCUT2D eigenvalue weighted by molar-refractivity contribution is -0.116. The SMILES string of the molecule is CSCC(C)N(C)CCCC(=O)Nc1cccc(C#N)c1. The molecule has 21 heavy (non-hydrogen) atoms. The van der Waals surface area contributed by atoms with Gasteiger partial charge >= 0.3 is 0 Å². The van der Waals surface area contributed by atoms with Crippen LogP contribution in [0.1, 0.15) is 25.3 Å². The number of anilines is 1. The quantitative estimate of drug-likeness (QED) is 0.802. The van der Waals surface area contributed by atoms with Gasteiger partial charge in [-0.3, -0.25) is 4.79 Å². The maximum atomic E-state index is 11.9. The first-order chi connectivity index (χ1) is 10.1. The number of nitrogens with zero attached hydrogens (tertiary/aromatic N) is 2. The number of hydrogen-bond acceptors (Lipinski definition) is 4. The molecular weight excluding hydrogens is 282 g/mol. The Balaban J connectivity index is 2.33. The molecule has 0 bridgehead atoms. The van der Waals surface area contributed by atoms with E-state index in [-0.39, 0.29) is 5.91 Å². The van der Waals surface area contributed by atoms with Crippen LogP contribution in [0, 0.1) is 11.3 Å². The zero-order chi connectivity index (χ0) is 15.7. The minimum absolute atomic E-state index is 0.00370. The van der Waals surface area contributed by atoms with E-state index in [2.05, 4.69) is 36.5 Å². The van der Waals surface area contributed by atoms with Gasteiger partial charge in [-0.2, -0.15) is 17.0 Å². The normalized spacial score (nSPS) is 12.0. The predicted molar refractivity (Wildman–Crippen MR) is 89.5 cm³/mol. The molecule has 1 N–H and O–H groups in total. The lowest BCUT2D eigenvalue weighted by Gasteiger charge is -2.23. The van der Waals surface area contributed by atoms with Gasteiger partial charge in [0.2, 0.25) is 5.91 Å². The summed E-state index contributed by atoms with van der Waals surface area (Å²) in [6.45, 7) is 3.11. The lowest BCUT2D eigenvalue weighted by atomic mass is 10.2. The summed E-state index contributed by atoms with van der Waals surface area (Å²) in [5, 5.41) is 11.7. The monoisotopic (exact) mass is 305 g/mol. The third kappa shape index (κ3) is 6.65. The number of carbonyl (C=O) groups excluding carboxylic acids is 1. The number of nitriles is 1. The molecule has 1 rings (SSSR count). The predicted octanol–water partition coefficient (Wildman–Crippen LogP) is 2.96. The fraction of sp³-hybridized carbons (Fsp3) is 0.500. The smallest absolute Gasteiger partial charge is 0.224 e. The summed E-state index contributed by atoms with van der Waals surface area (Å²) in [6.07, 6.45) is 3.43. The molecule has 0 aliphatic carbocycles. The summed E-state index contributed by atoms with van der Waals surface area (Å²) in [5.74, 6) is 1.10. The number of thioether (sulfide) groups is 1. The first-order valence-electron chi connectivity index (χ1n) is 7.06. The van der Waals surface area contributed by atoms with Crippen molar-refractivity contribution >= 4 is 23.4 Å². The summed E-state index contributed by atoms with van der Waals surface area (Å²) in [7, 11) is 2.09. The highest BCUT2D eigenvalue weighted by molar-refractivity contribution is 7.98. The van der Waals surface area contributed by atoms with Gasteiger partial charge in [0.15, 0.2) is 0 Å². The van der Waals surface area contributed by atoms with Crippen LogP contribution in [0.4, 0.5) is 5.69 Å². The molecule has 0 radical (unpaired) electrons. The van der Waals surface area contributed by atoms with Gasteiger partial charge in [-0.1, -0.05) is 6.07 Å². The summed E-state index contributed by atoms with van der Waals surface area (Å²) >= 11 is 1.84. The second-order valence-electron chi connectivity index (χ2n) is 5.13. The van der Waals surface area contributed by atoms with Gasteiger partial charge in [0.25, 0.3) is 0 Å². The molecule has 1 amide bonds. The van der Waals surface area contributed by atoms with Crippen LogP contribution in [0.15, 0.2) is 24.3 Å². The van der Waals surface area contributed by atoms with E-state index in [0.717, 1.165) is 18.7 Å². The third-order valence-electron chi connectivity index (χ3n) is 3.35. The topological polar surface area (TPSA) is 56.1 Å². The molecular formula is C16H23N3OS. The van der Waals surface area contributed by atoms with E-state index in [0.29, 0.717) is 23.7 Å². The van der Waals surface area contributed by atoms with Gasteiger partial charge in [-0.15, -0.1) is 0 Å². The van der Waals surface area contributed by atoms with Gasteiger partial charge in [0.05, 0.1) is 11.6 Å². The van der Waals surface area contributed by atoms with Gasteiger partial charge in [0.1, 0.15) is 0 Å². The van der Waals surface area contributed by atoms with E-state index in [1.807, 2.05) is 11.8 Å². The van der Waals surface area contributed by atoms with Crippen molar-refractivity contribution in [2.75, 3.05) is 30.9 Å². The number of carbonyl (C=O) groups is 1. The molecule has 0 heterocycles. The minimum atomic E-state index is -0.00370. The van der Waals surface area contributed by atoms with Gasteiger partial charge < -0.3 is 10.2 Å². The maximum Gasteiger partial charge on any atom is 0.224 e. The highest BCUT2D eigenvalue weighted by Crippen LogP contribution is 2.11. The Hall–Kier alpha value is -1.51. The Bertz CT molecular complexity index is 499. The molecule has 1 aromatic rings.